The number of carbonyl (C=O) groups is 1. The van der Waals surface area contributed by atoms with E-state index in [4.69, 9.17) is 4.52 Å². The number of sulfone groups is 1. The summed E-state index contributed by atoms with van der Waals surface area (Å²) >= 11 is 0. The maximum Gasteiger partial charge on any atom is 0.278 e. The van der Waals surface area contributed by atoms with Crippen LogP contribution in [0.25, 0.3) is 5.76 Å². The number of likely N-dealkylation sites (N-methyl/N-ethyl adjacent to an activating group) is 1. The first-order chi connectivity index (χ1) is 14.1. The average Bonchev–Trinajstić information content (AvgIpc) is 3.11. The van der Waals surface area contributed by atoms with E-state index in [-0.39, 0.29) is 33.5 Å². The third-order valence-electron chi connectivity index (χ3n) is 4.51. The molecule has 0 radical (unpaired) electrons. The van der Waals surface area contributed by atoms with Gasteiger partial charge in [0.2, 0.25) is 0 Å². The Bertz CT molecular complexity index is 1210. The van der Waals surface area contributed by atoms with Crippen molar-refractivity contribution in [2.75, 3.05) is 18.1 Å². The molecule has 1 aliphatic heterocycles. The van der Waals surface area contributed by atoms with E-state index in [9.17, 15) is 26.7 Å². The van der Waals surface area contributed by atoms with Crippen LogP contribution in [-0.4, -0.2) is 50.1 Å². The van der Waals surface area contributed by atoms with Crippen LogP contribution in [0.1, 0.15) is 31.1 Å². The number of aliphatic hydroxyl groups excluding tert-OH is 1. The number of aliphatic hydroxyl groups is 1. The highest BCUT2D eigenvalue weighted by molar-refractivity contribution is 7.90. The zero-order chi connectivity index (χ0) is 22.1. The Morgan fingerprint density at radius 2 is 2.00 bits per heavy atom. The molecule has 30 heavy (non-hydrogen) atoms. The number of nitrogens with one attached hydrogen (secondary N) is 1. The van der Waals surface area contributed by atoms with E-state index in [2.05, 4.69) is 10.5 Å². The van der Waals surface area contributed by atoms with Crippen LogP contribution < -0.4 is 5.32 Å². The Labute approximate surface area is 174 Å². The van der Waals surface area contributed by atoms with Crippen molar-refractivity contribution in [3.63, 3.8) is 0 Å². The van der Waals surface area contributed by atoms with Gasteiger partial charge >= 0.3 is 0 Å². The van der Waals surface area contributed by atoms with Crippen LogP contribution in [0.15, 0.2) is 45.4 Å². The topological polar surface area (TPSA) is 147 Å². The summed E-state index contributed by atoms with van der Waals surface area (Å²) < 4.78 is 55.0. The molecule has 1 aromatic carbocycles. The average molecular weight is 456 g/mol. The van der Waals surface area contributed by atoms with Crippen molar-refractivity contribution >= 4 is 37.3 Å². The zero-order valence-electron chi connectivity index (χ0n) is 16.3. The normalized spacial score (nSPS) is 15.7. The van der Waals surface area contributed by atoms with Crippen molar-refractivity contribution in [3.05, 3.63) is 47.4 Å². The summed E-state index contributed by atoms with van der Waals surface area (Å²) in [6.07, 6.45) is 1.25. The third kappa shape index (κ3) is 4.19. The van der Waals surface area contributed by atoms with Crippen LogP contribution in [0.5, 0.6) is 0 Å². The van der Waals surface area contributed by atoms with Crippen LogP contribution in [0.3, 0.4) is 0 Å². The summed E-state index contributed by atoms with van der Waals surface area (Å²) in [5.41, 5.74) is -0.488. The van der Waals surface area contributed by atoms with Crippen LogP contribution in [0.2, 0.25) is 0 Å². The lowest BCUT2D eigenvalue weighted by Crippen LogP contribution is -2.37. The predicted octanol–water partition coefficient (Wildman–Crippen LogP) is 1.89. The van der Waals surface area contributed by atoms with E-state index in [1.807, 2.05) is 6.92 Å². The standard InChI is InChI=1S/C18H21N3O7S2/c1-3-4-9-29(24,25)11-12-10-15(20-28-12)19-18(23)16-17(22)13-7-5-6-8-14(13)30(26,27)21(16)2/h5-8,10,22H,3-4,9,11H2,1-2H3,(H,19,20,23). The smallest absolute Gasteiger partial charge is 0.278 e. The summed E-state index contributed by atoms with van der Waals surface area (Å²) in [6.45, 7) is 1.88. The molecular formula is C18H21N3O7S2. The van der Waals surface area contributed by atoms with E-state index in [1.54, 1.807) is 0 Å². The molecule has 3 rings (SSSR count). The van der Waals surface area contributed by atoms with E-state index in [1.165, 1.54) is 30.3 Å². The van der Waals surface area contributed by atoms with Gasteiger partial charge in [-0.25, -0.2) is 16.8 Å². The van der Waals surface area contributed by atoms with E-state index >= 15 is 0 Å². The minimum absolute atomic E-state index is 0.00334. The molecule has 0 unspecified atom stereocenters. The molecule has 2 aromatic rings. The van der Waals surface area contributed by atoms with Gasteiger partial charge in [-0.2, -0.15) is 0 Å². The van der Waals surface area contributed by atoms with E-state index < -0.39 is 37.2 Å². The van der Waals surface area contributed by atoms with Gasteiger partial charge in [0.25, 0.3) is 15.9 Å². The minimum atomic E-state index is -4.04. The third-order valence-corrected chi connectivity index (χ3v) is 7.96. The summed E-state index contributed by atoms with van der Waals surface area (Å²) in [6, 6.07) is 7.00. The number of hydrogen-bond donors (Lipinski definition) is 2. The van der Waals surface area contributed by atoms with Crippen molar-refractivity contribution in [1.82, 2.24) is 9.46 Å². The van der Waals surface area contributed by atoms with Crippen LogP contribution >= 0.6 is 0 Å². The largest absolute Gasteiger partial charge is 0.505 e. The Hall–Kier alpha value is -2.86. The molecule has 162 valence electrons. The fraction of sp³-hybridized carbons (Fsp3) is 0.333. The van der Waals surface area contributed by atoms with Gasteiger partial charge in [-0.15, -0.1) is 0 Å². The van der Waals surface area contributed by atoms with Crippen molar-refractivity contribution in [3.8, 4) is 0 Å². The highest BCUT2D eigenvalue weighted by Crippen LogP contribution is 2.34. The first-order valence-corrected chi connectivity index (χ1v) is 12.3. The number of rotatable bonds is 7. The van der Waals surface area contributed by atoms with Crippen molar-refractivity contribution in [2.24, 2.45) is 0 Å². The van der Waals surface area contributed by atoms with Gasteiger partial charge < -0.3 is 14.9 Å². The first kappa shape index (κ1) is 21.8. The summed E-state index contributed by atoms with van der Waals surface area (Å²) in [5, 5.41) is 16.4. The SMILES string of the molecule is CCCCS(=O)(=O)Cc1cc(NC(=O)C2=C(O)c3ccccc3S(=O)(=O)N2C)no1. The summed E-state index contributed by atoms with van der Waals surface area (Å²) in [4.78, 5) is 12.6. The lowest BCUT2D eigenvalue weighted by atomic mass is 10.1. The highest BCUT2D eigenvalue weighted by Gasteiger charge is 2.38. The number of nitrogens with zero attached hydrogens (tertiary/aromatic N) is 2. The molecule has 0 atom stereocenters. The van der Waals surface area contributed by atoms with E-state index in [0.29, 0.717) is 10.7 Å². The zero-order valence-corrected chi connectivity index (χ0v) is 18.0. The van der Waals surface area contributed by atoms with E-state index in [0.717, 1.165) is 13.5 Å². The van der Waals surface area contributed by atoms with Gasteiger partial charge in [0, 0.05) is 18.7 Å². The van der Waals surface area contributed by atoms with Crippen molar-refractivity contribution in [2.45, 2.75) is 30.4 Å². The second-order valence-corrected chi connectivity index (χ2v) is 10.9. The molecule has 12 heteroatoms. The summed E-state index contributed by atoms with van der Waals surface area (Å²) in [5.74, 6) is -1.88. The molecule has 2 heterocycles. The number of aromatic nitrogens is 1. The minimum Gasteiger partial charge on any atom is -0.505 e. The Kier molecular flexibility index (Phi) is 5.90. The number of anilines is 1. The number of unbranched alkanes of at least 4 members (excludes halogenated alkanes) is 1. The molecule has 0 saturated carbocycles. The van der Waals surface area contributed by atoms with Gasteiger partial charge in [-0.05, 0) is 18.6 Å². The Balaban J connectivity index is 1.84. The number of amides is 1. The molecule has 1 aliphatic rings. The molecule has 1 amide bonds. The van der Waals surface area contributed by atoms with Crippen LogP contribution in [0, 0.1) is 0 Å². The van der Waals surface area contributed by atoms with Crippen LogP contribution in [0.4, 0.5) is 5.82 Å². The number of carbonyl (C=O) groups excluding carboxylic acids is 1. The fourth-order valence-electron chi connectivity index (χ4n) is 2.95. The molecule has 2 N–H and O–H groups in total. The number of sulfonamides is 1. The quantitative estimate of drug-likeness (QED) is 0.643. The maximum absolute atomic E-state index is 12.7. The maximum atomic E-state index is 12.7. The Morgan fingerprint density at radius 1 is 1.30 bits per heavy atom. The van der Waals surface area contributed by atoms with Crippen molar-refractivity contribution < 1.29 is 31.3 Å². The molecule has 0 spiro atoms. The molecular weight excluding hydrogens is 434 g/mol. The van der Waals surface area contributed by atoms with Crippen molar-refractivity contribution in [1.29, 1.82) is 0 Å². The van der Waals surface area contributed by atoms with Gasteiger partial charge in [-0.1, -0.05) is 30.6 Å². The Morgan fingerprint density at radius 3 is 2.70 bits per heavy atom. The molecule has 0 aliphatic carbocycles. The van der Waals surface area contributed by atoms with Crippen LogP contribution in [-0.2, 0) is 30.4 Å². The first-order valence-electron chi connectivity index (χ1n) is 9.05. The predicted molar refractivity (Wildman–Crippen MR) is 108 cm³/mol. The lowest BCUT2D eigenvalue weighted by Gasteiger charge is -2.28. The molecule has 1 aromatic heterocycles. The second-order valence-electron chi connectivity index (χ2n) is 6.74. The monoisotopic (exact) mass is 455 g/mol. The molecule has 0 saturated heterocycles. The van der Waals surface area contributed by atoms with Gasteiger partial charge in [-0.3, -0.25) is 9.10 Å². The summed E-state index contributed by atoms with van der Waals surface area (Å²) in [7, 11) is -6.27. The highest BCUT2D eigenvalue weighted by atomic mass is 32.2. The molecule has 10 nitrogen and oxygen atoms in total. The number of benzene rings is 1. The van der Waals surface area contributed by atoms with Gasteiger partial charge in [0.15, 0.2) is 32.9 Å². The number of hydrogen-bond acceptors (Lipinski definition) is 8. The van der Waals surface area contributed by atoms with Gasteiger partial charge in [0.1, 0.15) is 5.75 Å². The number of fused-ring (bicyclic) bond motifs is 1. The second kappa shape index (κ2) is 8.11. The molecule has 0 fully saturated rings. The molecule has 0 bridgehead atoms. The fourth-order valence-corrected chi connectivity index (χ4v) is 5.79. The lowest BCUT2D eigenvalue weighted by molar-refractivity contribution is -0.113. The van der Waals surface area contributed by atoms with Gasteiger partial charge in [0.05, 0.1) is 10.6 Å².